The van der Waals surface area contributed by atoms with Gasteiger partial charge in [0.05, 0.1) is 17.4 Å². The number of thiophene rings is 1. The molecule has 2 aliphatic rings. The first-order chi connectivity index (χ1) is 9.95. The first-order valence-corrected chi connectivity index (χ1v) is 7.87. The standard InChI is InChI=1S/C15H13ClN2O2S/c1-7-8(2)21-15(12(7)6-17)18-13(19)10-4-3-9(16)5-11(10)14(18)20/h3,10-11H,4-5H2,1-2H3/t10-,11-/m1/s1. The van der Waals surface area contributed by atoms with E-state index >= 15 is 0 Å². The van der Waals surface area contributed by atoms with Crippen molar-refractivity contribution in [2.24, 2.45) is 11.8 Å². The molecule has 0 unspecified atom stereocenters. The molecule has 2 heterocycles. The highest BCUT2D eigenvalue weighted by molar-refractivity contribution is 7.17. The first-order valence-electron chi connectivity index (χ1n) is 6.68. The zero-order chi connectivity index (χ0) is 15.3. The summed E-state index contributed by atoms with van der Waals surface area (Å²) in [4.78, 5) is 27.3. The zero-order valence-electron chi connectivity index (χ0n) is 11.6. The molecule has 1 saturated heterocycles. The third-order valence-corrected chi connectivity index (χ3v) is 5.75. The Morgan fingerprint density at radius 2 is 2.00 bits per heavy atom. The van der Waals surface area contributed by atoms with Gasteiger partial charge in [-0.3, -0.25) is 9.59 Å². The lowest BCUT2D eigenvalue weighted by molar-refractivity contribution is -0.122. The maximum atomic E-state index is 12.6. The second-order valence-electron chi connectivity index (χ2n) is 5.39. The number of allylic oxidation sites excluding steroid dienone is 2. The fourth-order valence-electron chi connectivity index (χ4n) is 2.93. The Bertz CT molecular complexity index is 729. The number of rotatable bonds is 1. The summed E-state index contributed by atoms with van der Waals surface area (Å²) in [5.41, 5.74) is 1.26. The molecule has 1 aromatic rings. The lowest BCUT2D eigenvalue weighted by Crippen LogP contribution is -2.30. The monoisotopic (exact) mass is 320 g/mol. The minimum Gasteiger partial charge on any atom is -0.274 e. The van der Waals surface area contributed by atoms with Crippen LogP contribution in [-0.4, -0.2) is 11.8 Å². The molecular weight excluding hydrogens is 308 g/mol. The van der Waals surface area contributed by atoms with Gasteiger partial charge in [-0.15, -0.1) is 11.3 Å². The number of halogens is 1. The van der Waals surface area contributed by atoms with Crippen LogP contribution in [0.15, 0.2) is 11.1 Å². The number of imide groups is 1. The van der Waals surface area contributed by atoms with Crippen molar-refractivity contribution in [1.29, 1.82) is 5.26 Å². The van der Waals surface area contributed by atoms with Gasteiger partial charge in [-0.25, -0.2) is 4.90 Å². The normalized spacial score (nSPS) is 24.9. The summed E-state index contributed by atoms with van der Waals surface area (Å²) in [6.45, 7) is 3.73. The van der Waals surface area contributed by atoms with Crippen molar-refractivity contribution in [3.05, 3.63) is 27.1 Å². The number of amides is 2. The number of carbonyl (C=O) groups excluding carboxylic acids is 2. The number of nitriles is 1. The minimum absolute atomic E-state index is 0.205. The third kappa shape index (κ3) is 2.02. The van der Waals surface area contributed by atoms with Crippen molar-refractivity contribution < 1.29 is 9.59 Å². The van der Waals surface area contributed by atoms with E-state index in [1.54, 1.807) is 0 Å². The molecule has 6 heteroatoms. The van der Waals surface area contributed by atoms with Gasteiger partial charge in [-0.05, 0) is 32.3 Å². The van der Waals surface area contributed by atoms with Crippen LogP contribution in [0.25, 0.3) is 0 Å². The SMILES string of the molecule is Cc1sc(N2C(=O)[C@@H]3CC=C(Cl)C[C@H]3C2=O)c(C#N)c1C. The number of aryl methyl sites for hydroxylation is 1. The predicted octanol–water partition coefficient (Wildman–Crippen LogP) is 3.26. The van der Waals surface area contributed by atoms with Gasteiger partial charge in [0.15, 0.2) is 0 Å². The van der Waals surface area contributed by atoms with E-state index in [0.29, 0.717) is 28.4 Å². The van der Waals surface area contributed by atoms with E-state index in [-0.39, 0.29) is 23.7 Å². The van der Waals surface area contributed by atoms with E-state index in [1.165, 1.54) is 16.2 Å². The average Bonchev–Trinajstić information content (AvgIpc) is 2.86. The molecule has 1 fully saturated rings. The highest BCUT2D eigenvalue weighted by Gasteiger charge is 2.50. The van der Waals surface area contributed by atoms with Crippen LogP contribution in [0.4, 0.5) is 5.00 Å². The Kier molecular flexibility index (Phi) is 3.39. The Labute approximate surface area is 131 Å². The van der Waals surface area contributed by atoms with Crippen LogP contribution in [-0.2, 0) is 9.59 Å². The summed E-state index contributed by atoms with van der Waals surface area (Å²) in [5, 5.41) is 10.4. The summed E-state index contributed by atoms with van der Waals surface area (Å²) < 4.78 is 0. The van der Waals surface area contributed by atoms with E-state index in [1.807, 2.05) is 19.9 Å². The molecule has 1 aromatic heterocycles. The molecule has 0 saturated carbocycles. The summed E-state index contributed by atoms with van der Waals surface area (Å²) in [5.74, 6) is -1.16. The van der Waals surface area contributed by atoms with E-state index in [9.17, 15) is 14.9 Å². The van der Waals surface area contributed by atoms with Crippen molar-refractivity contribution in [3.63, 3.8) is 0 Å². The van der Waals surface area contributed by atoms with Crippen molar-refractivity contribution in [3.8, 4) is 6.07 Å². The van der Waals surface area contributed by atoms with Crippen LogP contribution in [0.5, 0.6) is 0 Å². The number of carbonyl (C=O) groups is 2. The molecule has 2 amide bonds. The van der Waals surface area contributed by atoms with Crippen LogP contribution >= 0.6 is 22.9 Å². The zero-order valence-corrected chi connectivity index (χ0v) is 13.2. The van der Waals surface area contributed by atoms with Crippen LogP contribution in [0.3, 0.4) is 0 Å². The number of hydrogen-bond acceptors (Lipinski definition) is 4. The third-order valence-electron chi connectivity index (χ3n) is 4.25. The molecule has 108 valence electrons. The lowest BCUT2D eigenvalue weighted by Gasteiger charge is -2.17. The van der Waals surface area contributed by atoms with Crippen LogP contribution < -0.4 is 4.90 Å². The van der Waals surface area contributed by atoms with E-state index < -0.39 is 0 Å². The van der Waals surface area contributed by atoms with Gasteiger partial charge in [0.1, 0.15) is 11.1 Å². The maximum Gasteiger partial charge on any atom is 0.238 e. The smallest absolute Gasteiger partial charge is 0.238 e. The highest BCUT2D eigenvalue weighted by atomic mass is 35.5. The fourth-order valence-corrected chi connectivity index (χ4v) is 4.30. The molecule has 0 spiro atoms. The number of fused-ring (bicyclic) bond motifs is 1. The van der Waals surface area contributed by atoms with Crippen molar-refractivity contribution >= 4 is 39.8 Å². The van der Waals surface area contributed by atoms with Gasteiger partial charge in [-0.1, -0.05) is 17.7 Å². The van der Waals surface area contributed by atoms with Gasteiger partial charge in [0, 0.05) is 9.91 Å². The molecular formula is C15H13ClN2O2S. The number of nitrogens with zero attached hydrogens (tertiary/aromatic N) is 2. The Balaban J connectivity index is 2.06. The number of hydrogen-bond donors (Lipinski definition) is 0. The predicted molar refractivity (Wildman–Crippen MR) is 81.2 cm³/mol. The van der Waals surface area contributed by atoms with Gasteiger partial charge >= 0.3 is 0 Å². The molecule has 1 aliphatic carbocycles. The van der Waals surface area contributed by atoms with E-state index in [0.717, 1.165) is 10.4 Å². The average molecular weight is 321 g/mol. The largest absolute Gasteiger partial charge is 0.274 e. The molecule has 2 atom stereocenters. The fraction of sp³-hybridized carbons (Fsp3) is 0.400. The number of anilines is 1. The van der Waals surface area contributed by atoms with Gasteiger partial charge in [0.25, 0.3) is 0 Å². The van der Waals surface area contributed by atoms with Crippen LogP contribution in [0.2, 0.25) is 0 Å². The molecule has 4 nitrogen and oxygen atoms in total. The van der Waals surface area contributed by atoms with Crippen molar-refractivity contribution in [1.82, 2.24) is 0 Å². The molecule has 1 aliphatic heterocycles. The van der Waals surface area contributed by atoms with E-state index in [4.69, 9.17) is 11.6 Å². The van der Waals surface area contributed by atoms with Crippen LogP contribution in [0.1, 0.15) is 28.8 Å². The lowest BCUT2D eigenvalue weighted by atomic mass is 9.85. The van der Waals surface area contributed by atoms with Crippen molar-refractivity contribution in [2.75, 3.05) is 4.90 Å². The molecule has 21 heavy (non-hydrogen) atoms. The Morgan fingerprint density at radius 3 is 2.67 bits per heavy atom. The summed E-state index contributed by atoms with van der Waals surface area (Å²) in [6.07, 6.45) is 2.72. The molecule has 0 N–H and O–H groups in total. The second-order valence-corrected chi connectivity index (χ2v) is 7.08. The quantitative estimate of drug-likeness (QED) is 0.746. The minimum atomic E-state index is -0.385. The summed E-state index contributed by atoms with van der Waals surface area (Å²) in [7, 11) is 0. The van der Waals surface area contributed by atoms with Crippen LogP contribution in [0, 0.1) is 37.0 Å². The second kappa shape index (κ2) is 4.97. The van der Waals surface area contributed by atoms with Gasteiger partial charge in [0.2, 0.25) is 11.8 Å². The van der Waals surface area contributed by atoms with Crippen molar-refractivity contribution in [2.45, 2.75) is 26.7 Å². The Hall–Kier alpha value is -1.64. The van der Waals surface area contributed by atoms with Gasteiger partial charge < -0.3 is 0 Å². The molecule has 0 aromatic carbocycles. The Morgan fingerprint density at radius 1 is 1.33 bits per heavy atom. The maximum absolute atomic E-state index is 12.6. The highest BCUT2D eigenvalue weighted by Crippen LogP contribution is 2.44. The van der Waals surface area contributed by atoms with Gasteiger partial charge in [-0.2, -0.15) is 5.26 Å². The van der Waals surface area contributed by atoms with E-state index in [2.05, 4.69) is 6.07 Å². The summed E-state index contributed by atoms with van der Waals surface area (Å²) in [6, 6.07) is 2.12. The summed E-state index contributed by atoms with van der Waals surface area (Å²) >= 11 is 7.34. The molecule has 0 bridgehead atoms. The topological polar surface area (TPSA) is 61.2 Å². The molecule has 0 radical (unpaired) electrons. The molecule has 3 rings (SSSR count). The first kappa shape index (κ1) is 14.3.